The van der Waals surface area contributed by atoms with Gasteiger partial charge in [-0.2, -0.15) is 0 Å². The van der Waals surface area contributed by atoms with Gasteiger partial charge in [0.1, 0.15) is 0 Å². The summed E-state index contributed by atoms with van der Waals surface area (Å²) in [6.45, 7) is 3.90. The summed E-state index contributed by atoms with van der Waals surface area (Å²) >= 11 is 0. The Morgan fingerprint density at radius 3 is 2.67 bits per heavy atom. The minimum absolute atomic E-state index is 0.397. The van der Waals surface area contributed by atoms with Crippen molar-refractivity contribution < 1.29 is 9.90 Å². The molecule has 0 bridgehead atoms. The molecule has 2 N–H and O–H groups in total. The van der Waals surface area contributed by atoms with Crippen LogP contribution in [0.4, 0.5) is 5.69 Å². The summed E-state index contributed by atoms with van der Waals surface area (Å²) in [6.07, 6.45) is 2.21. The van der Waals surface area contributed by atoms with E-state index in [2.05, 4.69) is 10.2 Å². The summed E-state index contributed by atoms with van der Waals surface area (Å²) in [5.74, 6) is -0.854. The summed E-state index contributed by atoms with van der Waals surface area (Å²) in [4.78, 5) is 13.3. The molecule has 98 valence electrons. The van der Waals surface area contributed by atoms with Gasteiger partial charge in [-0.25, -0.2) is 4.79 Å². The molecular weight excluding hydrogens is 228 g/mol. The molecule has 1 aliphatic heterocycles. The SMILES string of the molecule is Cc1ccc(N(C)C2CCNCC2)cc1C(=O)O. The van der Waals surface area contributed by atoms with Crippen LogP contribution in [0.3, 0.4) is 0 Å². The molecule has 0 saturated carbocycles. The molecule has 0 aliphatic carbocycles. The van der Waals surface area contributed by atoms with Crippen LogP contribution in [0.2, 0.25) is 0 Å². The van der Waals surface area contributed by atoms with E-state index in [1.807, 2.05) is 26.1 Å². The molecule has 0 amide bonds. The lowest BCUT2D eigenvalue weighted by Crippen LogP contribution is -2.41. The number of benzene rings is 1. The van der Waals surface area contributed by atoms with E-state index < -0.39 is 5.97 Å². The first kappa shape index (κ1) is 12.9. The Labute approximate surface area is 108 Å². The molecule has 18 heavy (non-hydrogen) atoms. The largest absolute Gasteiger partial charge is 0.478 e. The fourth-order valence-corrected chi connectivity index (χ4v) is 2.46. The number of nitrogens with zero attached hydrogens (tertiary/aromatic N) is 1. The van der Waals surface area contributed by atoms with Crippen LogP contribution in [0.5, 0.6) is 0 Å². The van der Waals surface area contributed by atoms with Gasteiger partial charge in [0, 0.05) is 18.8 Å². The number of aryl methyl sites for hydroxylation is 1. The predicted molar refractivity (Wildman–Crippen MR) is 72.4 cm³/mol. The summed E-state index contributed by atoms with van der Waals surface area (Å²) in [7, 11) is 2.05. The average molecular weight is 248 g/mol. The van der Waals surface area contributed by atoms with Gasteiger partial charge in [0.25, 0.3) is 0 Å². The number of carbonyl (C=O) groups is 1. The van der Waals surface area contributed by atoms with Gasteiger partial charge in [0.15, 0.2) is 0 Å². The molecule has 0 spiro atoms. The van der Waals surface area contributed by atoms with E-state index in [0.29, 0.717) is 11.6 Å². The lowest BCUT2D eigenvalue weighted by Gasteiger charge is -2.33. The molecule has 2 rings (SSSR count). The minimum Gasteiger partial charge on any atom is -0.478 e. The highest BCUT2D eigenvalue weighted by molar-refractivity contribution is 5.90. The van der Waals surface area contributed by atoms with Crippen LogP contribution in [0.15, 0.2) is 18.2 Å². The van der Waals surface area contributed by atoms with Crippen molar-refractivity contribution in [3.63, 3.8) is 0 Å². The van der Waals surface area contributed by atoms with Gasteiger partial charge in [0.05, 0.1) is 5.56 Å². The summed E-state index contributed by atoms with van der Waals surface area (Å²) in [5.41, 5.74) is 2.20. The smallest absolute Gasteiger partial charge is 0.336 e. The first-order chi connectivity index (χ1) is 8.59. The number of carboxylic acid groups (broad SMARTS) is 1. The normalized spacial score (nSPS) is 16.6. The number of anilines is 1. The number of nitrogens with one attached hydrogen (secondary N) is 1. The molecule has 1 fully saturated rings. The molecule has 0 atom stereocenters. The van der Waals surface area contributed by atoms with Crippen molar-refractivity contribution in [3.8, 4) is 0 Å². The van der Waals surface area contributed by atoms with Gasteiger partial charge < -0.3 is 15.3 Å². The highest BCUT2D eigenvalue weighted by Gasteiger charge is 2.19. The quantitative estimate of drug-likeness (QED) is 0.857. The summed E-state index contributed by atoms with van der Waals surface area (Å²) in [5, 5.41) is 12.5. The maximum Gasteiger partial charge on any atom is 0.336 e. The summed E-state index contributed by atoms with van der Waals surface area (Å²) in [6, 6.07) is 6.16. The van der Waals surface area contributed by atoms with E-state index in [0.717, 1.165) is 37.2 Å². The van der Waals surface area contributed by atoms with Gasteiger partial charge in [-0.3, -0.25) is 0 Å². The minimum atomic E-state index is -0.854. The standard InChI is InChI=1S/C14H20N2O2/c1-10-3-4-12(9-13(10)14(17)18)16(2)11-5-7-15-8-6-11/h3-4,9,11,15H,5-8H2,1-2H3,(H,17,18). The van der Waals surface area contributed by atoms with E-state index in [1.54, 1.807) is 6.07 Å². The highest BCUT2D eigenvalue weighted by Crippen LogP contribution is 2.23. The van der Waals surface area contributed by atoms with Crippen LogP contribution in [-0.2, 0) is 0 Å². The Balaban J connectivity index is 2.21. The van der Waals surface area contributed by atoms with Gasteiger partial charge in [0.2, 0.25) is 0 Å². The molecule has 0 aromatic heterocycles. The number of carboxylic acids is 1. The van der Waals surface area contributed by atoms with Crippen LogP contribution < -0.4 is 10.2 Å². The molecule has 0 radical (unpaired) electrons. The van der Waals surface area contributed by atoms with Crippen molar-refractivity contribution in [3.05, 3.63) is 29.3 Å². The van der Waals surface area contributed by atoms with Crippen LogP contribution in [0.1, 0.15) is 28.8 Å². The third-order valence-electron chi connectivity index (χ3n) is 3.72. The van der Waals surface area contributed by atoms with E-state index >= 15 is 0 Å². The summed E-state index contributed by atoms with van der Waals surface area (Å²) < 4.78 is 0. The van der Waals surface area contributed by atoms with E-state index in [4.69, 9.17) is 5.11 Å². The zero-order chi connectivity index (χ0) is 13.1. The second kappa shape index (κ2) is 5.40. The number of rotatable bonds is 3. The molecule has 1 aromatic carbocycles. The van der Waals surface area contributed by atoms with Gasteiger partial charge in [-0.15, -0.1) is 0 Å². The Hall–Kier alpha value is -1.55. The molecule has 4 heteroatoms. The van der Waals surface area contributed by atoms with Crippen molar-refractivity contribution in [1.82, 2.24) is 5.32 Å². The van der Waals surface area contributed by atoms with Crippen LogP contribution in [-0.4, -0.2) is 37.3 Å². The molecule has 4 nitrogen and oxygen atoms in total. The fraction of sp³-hybridized carbons (Fsp3) is 0.500. The molecular formula is C14H20N2O2. The van der Waals surface area contributed by atoms with Crippen molar-refractivity contribution in [2.75, 3.05) is 25.0 Å². The van der Waals surface area contributed by atoms with Gasteiger partial charge >= 0.3 is 5.97 Å². The third kappa shape index (κ3) is 2.64. The monoisotopic (exact) mass is 248 g/mol. The molecule has 1 heterocycles. The zero-order valence-corrected chi connectivity index (χ0v) is 10.9. The van der Waals surface area contributed by atoms with E-state index in [-0.39, 0.29) is 0 Å². The third-order valence-corrected chi connectivity index (χ3v) is 3.72. The highest BCUT2D eigenvalue weighted by atomic mass is 16.4. The van der Waals surface area contributed by atoms with Gasteiger partial charge in [-0.1, -0.05) is 6.07 Å². The van der Waals surface area contributed by atoms with Crippen molar-refractivity contribution >= 4 is 11.7 Å². The fourth-order valence-electron chi connectivity index (χ4n) is 2.46. The Morgan fingerprint density at radius 2 is 2.06 bits per heavy atom. The second-order valence-electron chi connectivity index (χ2n) is 4.90. The van der Waals surface area contributed by atoms with Crippen molar-refractivity contribution in [1.29, 1.82) is 0 Å². The first-order valence-electron chi connectivity index (χ1n) is 6.37. The van der Waals surface area contributed by atoms with Crippen LogP contribution in [0.25, 0.3) is 0 Å². The zero-order valence-electron chi connectivity index (χ0n) is 10.9. The second-order valence-corrected chi connectivity index (χ2v) is 4.90. The lowest BCUT2D eigenvalue weighted by molar-refractivity contribution is 0.0696. The molecule has 1 aromatic rings. The van der Waals surface area contributed by atoms with E-state index in [9.17, 15) is 4.79 Å². The molecule has 0 unspecified atom stereocenters. The molecule has 1 aliphatic rings. The Kier molecular flexibility index (Phi) is 3.87. The van der Waals surface area contributed by atoms with Crippen LogP contribution in [0, 0.1) is 6.92 Å². The number of piperidine rings is 1. The Bertz CT molecular complexity index is 439. The van der Waals surface area contributed by atoms with Crippen LogP contribution >= 0.6 is 0 Å². The topological polar surface area (TPSA) is 52.6 Å². The number of hydrogen-bond donors (Lipinski definition) is 2. The van der Waals surface area contributed by atoms with Gasteiger partial charge in [-0.05, 0) is 50.6 Å². The van der Waals surface area contributed by atoms with Crippen molar-refractivity contribution in [2.45, 2.75) is 25.8 Å². The maximum absolute atomic E-state index is 11.1. The number of aromatic carboxylic acids is 1. The average Bonchev–Trinajstić information content (AvgIpc) is 2.39. The first-order valence-corrected chi connectivity index (χ1v) is 6.37. The lowest BCUT2D eigenvalue weighted by atomic mass is 10.0. The van der Waals surface area contributed by atoms with E-state index in [1.165, 1.54) is 0 Å². The predicted octanol–water partition coefficient (Wildman–Crippen LogP) is 1.88. The van der Waals surface area contributed by atoms with Crippen molar-refractivity contribution in [2.24, 2.45) is 0 Å². The maximum atomic E-state index is 11.1. The molecule has 1 saturated heterocycles. The number of hydrogen-bond acceptors (Lipinski definition) is 3. The Morgan fingerprint density at radius 1 is 1.39 bits per heavy atom.